The Balaban J connectivity index is 1.79. The molecule has 1 aliphatic rings. The van der Waals surface area contributed by atoms with Gasteiger partial charge < -0.3 is 9.64 Å². The average Bonchev–Trinajstić information content (AvgIpc) is 3.16. The highest BCUT2D eigenvalue weighted by Gasteiger charge is 2.28. The lowest BCUT2D eigenvalue weighted by molar-refractivity contribution is 0.0526. The maximum Gasteiger partial charge on any atom is 0.339 e. The van der Waals surface area contributed by atoms with Crippen LogP contribution in [0, 0.1) is 6.92 Å². The summed E-state index contributed by atoms with van der Waals surface area (Å²) in [7, 11) is 0. The zero-order valence-corrected chi connectivity index (χ0v) is 13.6. The molecule has 22 heavy (non-hydrogen) atoms. The second-order valence-electron chi connectivity index (χ2n) is 5.27. The number of anilines is 1. The Morgan fingerprint density at radius 1 is 1.50 bits per heavy atom. The van der Waals surface area contributed by atoms with Crippen LogP contribution in [0.25, 0.3) is 0 Å². The molecule has 116 valence electrons. The van der Waals surface area contributed by atoms with E-state index >= 15 is 0 Å². The molecule has 5 nitrogen and oxygen atoms in total. The Kier molecular flexibility index (Phi) is 4.38. The number of pyridine rings is 1. The van der Waals surface area contributed by atoms with E-state index in [0.29, 0.717) is 12.2 Å². The third kappa shape index (κ3) is 2.97. The average molecular weight is 317 g/mol. The molecule has 1 aliphatic heterocycles. The number of esters is 1. The Morgan fingerprint density at radius 3 is 3.00 bits per heavy atom. The molecule has 2 aromatic rings. The molecule has 3 rings (SSSR count). The van der Waals surface area contributed by atoms with E-state index in [1.165, 1.54) is 0 Å². The number of hydrogen-bond donors (Lipinski definition) is 0. The molecule has 0 radical (unpaired) electrons. The second-order valence-corrected chi connectivity index (χ2v) is 6.33. The van der Waals surface area contributed by atoms with Crippen molar-refractivity contribution in [2.24, 2.45) is 0 Å². The molecule has 0 aromatic carbocycles. The van der Waals surface area contributed by atoms with E-state index in [1.54, 1.807) is 30.5 Å². The first kappa shape index (κ1) is 15.0. The SMILES string of the molecule is CCOC(=O)c1ccc(N2CCC[C@H]2c2csc(C)n2)nc1. The van der Waals surface area contributed by atoms with Gasteiger partial charge in [0.15, 0.2) is 0 Å². The van der Waals surface area contributed by atoms with Crippen LogP contribution in [-0.2, 0) is 4.74 Å². The van der Waals surface area contributed by atoms with Gasteiger partial charge >= 0.3 is 5.97 Å². The van der Waals surface area contributed by atoms with Gasteiger partial charge in [-0.25, -0.2) is 14.8 Å². The summed E-state index contributed by atoms with van der Waals surface area (Å²) in [6.07, 6.45) is 3.81. The molecule has 1 saturated heterocycles. The molecule has 1 fully saturated rings. The molecule has 0 amide bonds. The van der Waals surface area contributed by atoms with Crippen molar-refractivity contribution in [3.05, 3.63) is 40.0 Å². The highest BCUT2D eigenvalue weighted by Crippen LogP contribution is 2.35. The van der Waals surface area contributed by atoms with Gasteiger partial charge in [-0.15, -0.1) is 11.3 Å². The van der Waals surface area contributed by atoms with Crippen molar-refractivity contribution in [2.75, 3.05) is 18.1 Å². The van der Waals surface area contributed by atoms with Gasteiger partial charge in [0.25, 0.3) is 0 Å². The van der Waals surface area contributed by atoms with E-state index in [2.05, 4.69) is 20.2 Å². The van der Waals surface area contributed by atoms with Gasteiger partial charge in [-0.05, 0) is 38.8 Å². The second kappa shape index (κ2) is 6.44. The van der Waals surface area contributed by atoms with E-state index in [-0.39, 0.29) is 12.0 Å². The summed E-state index contributed by atoms with van der Waals surface area (Å²) in [4.78, 5) is 23.0. The van der Waals surface area contributed by atoms with E-state index in [4.69, 9.17) is 4.74 Å². The van der Waals surface area contributed by atoms with Crippen LogP contribution >= 0.6 is 11.3 Å². The minimum atomic E-state index is -0.324. The van der Waals surface area contributed by atoms with Crippen molar-refractivity contribution in [3.63, 3.8) is 0 Å². The van der Waals surface area contributed by atoms with Gasteiger partial charge in [0.05, 0.1) is 28.9 Å². The molecular formula is C16H19N3O2S. The summed E-state index contributed by atoms with van der Waals surface area (Å²) < 4.78 is 4.99. The number of hydrogen-bond acceptors (Lipinski definition) is 6. The number of nitrogens with zero attached hydrogens (tertiary/aromatic N) is 3. The summed E-state index contributed by atoms with van der Waals surface area (Å²) in [6, 6.07) is 3.96. The maximum atomic E-state index is 11.7. The first-order chi connectivity index (χ1) is 10.7. The van der Waals surface area contributed by atoms with Crippen LogP contribution in [0.4, 0.5) is 5.82 Å². The molecule has 0 saturated carbocycles. The smallest absolute Gasteiger partial charge is 0.339 e. The Morgan fingerprint density at radius 2 is 2.36 bits per heavy atom. The van der Waals surface area contributed by atoms with Gasteiger partial charge in [0.1, 0.15) is 5.82 Å². The summed E-state index contributed by atoms with van der Waals surface area (Å²) in [5, 5.41) is 3.22. The van der Waals surface area contributed by atoms with Gasteiger partial charge in [-0.3, -0.25) is 0 Å². The van der Waals surface area contributed by atoms with Gasteiger partial charge in [-0.2, -0.15) is 0 Å². The number of rotatable bonds is 4. The molecule has 0 bridgehead atoms. The zero-order chi connectivity index (χ0) is 15.5. The fourth-order valence-electron chi connectivity index (χ4n) is 2.77. The first-order valence-electron chi connectivity index (χ1n) is 7.51. The fourth-order valence-corrected chi connectivity index (χ4v) is 3.43. The molecule has 2 aromatic heterocycles. The van der Waals surface area contributed by atoms with Gasteiger partial charge in [-0.1, -0.05) is 0 Å². The Bertz CT molecular complexity index is 654. The van der Waals surface area contributed by atoms with E-state index in [1.807, 2.05) is 13.0 Å². The lowest BCUT2D eigenvalue weighted by Gasteiger charge is -2.24. The highest BCUT2D eigenvalue weighted by molar-refractivity contribution is 7.09. The Hall–Kier alpha value is -1.95. The van der Waals surface area contributed by atoms with Crippen LogP contribution in [0.1, 0.15) is 46.9 Å². The maximum absolute atomic E-state index is 11.7. The van der Waals surface area contributed by atoms with Gasteiger partial charge in [0.2, 0.25) is 0 Å². The largest absolute Gasteiger partial charge is 0.462 e. The summed E-state index contributed by atoms with van der Waals surface area (Å²) in [6.45, 7) is 5.16. The van der Waals surface area contributed by atoms with Crippen molar-refractivity contribution < 1.29 is 9.53 Å². The number of carbonyl (C=O) groups is 1. The van der Waals surface area contributed by atoms with Crippen LogP contribution in [0.5, 0.6) is 0 Å². The van der Waals surface area contributed by atoms with Crippen molar-refractivity contribution in [1.82, 2.24) is 9.97 Å². The highest BCUT2D eigenvalue weighted by atomic mass is 32.1. The van der Waals surface area contributed by atoms with E-state index in [9.17, 15) is 4.79 Å². The fraction of sp³-hybridized carbons (Fsp3) is 0.438. The number of ether oxygens (including phenoxy) is 1. The molecule has 3 heterocycles. The molecule has 1 atom stereocenters. The first-order valence-corrected chi connectivity index (χ1v) is 8.39. The molecule has 6 heteroatoms. The Labute approximate surface area is 134 Å². The molecule has 0 unspecified atom stereocenters. The zero-order valence-electron chi connectivity index (χ0n) is 12.8. The van der Waals surface area contributed by atoms with Gasteiger partial charge in [0, 0.05) is 18.1 Å². The van der Waals surface area contributed by atoms with Crippen LogP contribution in [0.2, 0.25) is 0 Å². The van der Waals surface area contributed by atoms with E-state index in [0.717, 1.165) is 35.9 Å². The normalized spacial score (nSPS) is 17.7. The predicted octanol–water partition coefficient (Wildman–Crippen LogP) is 3.36. The molecular weight excluding hydrogens is 298 g/mol. The standard InChI is InChI=1S/C16H19N3O2S/c1-3-21-16(20)12-6-7-15(17-9-12)19-8-4-5-14(19)13-10-22-11(2)18-13/h6-7,9-10,14H,3-5,8H2,1-2H3/t14-/m0/s1. The predicted molar refractivity (Wildman–Crippen MR) is 86.4 cm³/mol. The monoisotopic (exact) mass is 317 g/mol. The van der Waals surface area contributed by atoms with Crippen molar-refractivity contribution in [2.45, 2.75) is 32.7 Å². The van der Waals surface area contributed by atoms with Crippen LogP contribution in [0.3, 0.4) is 0 Å². The van der Waals surface area contributed by atoms with Crippen molar-refractivity contribution in [3.8, 4) is 0 Å². The van der Waals surface area contributed by atoms with Crippen molar-refractivity contribution in [1.29, 1.82) is 0 Å². The summed E-state index contributed by atoms with van der Waals surface area (Å²) in [5.74, 6) is 0.566. The third-order valence-corrected chi connectivity index (χ3v) is 4.58. The quantitative estimate of drug-likeness (QED) is 0.809. The lowest BCUT2D eigenvalue weighted by Crippen LogP contribution is -2.24. The number of aryl methyl sites for hydroxylation is 1. The number of carbonyl (C=O) groups excluding carboxylic acids is 1. The minimum Gasteiger partial charge on any atom is -0.462 e. The van der Waals surface area contributed by atoms with Crippen LogP contribution < -0.4 is 4.90 Å². The van der Waals surface area contributed by atoms with Crippen LogP contribution in [-0.4, -0.2) is 29.1 Å². The number of aromatic nitrogens is 2. The van der Waals surface area contributed by atoms with Crippen molar-refractivity contribution >= 4 is 23.1 Å². The summed E-state index contributed by atoms with van der Waals surface area (Å²) >= 11 is 1.68. The topological polar surface area (TPSA) is 55.3 Å². The minimum absolute atomic E-state index is 0.283. The number of thiazole rings is 1. The molecule has 0 N–H and O–H groups in total. The summed E-state index contributed by atoms with van der Waals surface area (Å²) in [5.41, 5.74) is 1.61. The van der Waals surface area contributed by atoms with Crippen LogP contribution in [0.15, 0.2) is 23.7 Å². The van der Waals surface area contributed by atoms with E-state index < -0.39 is 0 Å². The lowest BCUT2D eigenvalue weighted by atomic mass is 10.1. The molecule has 0 spiro atoms. The molecule has 0 aliphatic carbocycles. The third-order valence-electron chi connectivity index (χ3n) is 3.78.